The summed E-state index contributed by atoms with van der Waals surface area (Å²) in [5.74, 6) is 0.658. The van der Waals surface area contributed by atoms with E-state index >= 15 is 0 Å². The van der Waals surface area contributed by atoms with Crippen molar-refractivity contribution in [2.45, 2.75) is 20.3 Å². The highest BCUT2D eigenvalue weighted by Gasteiger charge is 2.13. The number of aryl methyl sites for hydroxylation is 2. The van der Waals surface area contributed by atoms with E-state index in [-0.39, 0.29) is 5.91 Å². The molecule has 3 rings (SSSR count). The van der Waals surface area contributed by atoms with E-state index in [4.69, 9.17) is 4.74 Å². The molecule has 23 heavy (non-hydrogen) atoms. The highest BCUT2D eigenvalue weighted by atomic mass is 32.1. The van der Waals surface area contributed by atoms with Crippen LogP contribution in [-0.4, -0.2) is 18.0 Å². The number of anilines is 1. The van der Waals surface area contributed by atoms with Gasteiger partial charge in [0.05, 0.1) is 18.2 Å². The van der Waals surface area contributed by atoms with Crippen molar-refractivity contribution < 1.29 is 9.53 Å². The third-order valence-electron chi connectivity index (χ3n) is 3.65. The molecule has 4 nitrogen and oxygen atoms in total. The van der Waals surface area contributed by atoms with E-state index in [9.17, 15) is 4.79 Å². The Morgan fingerprint density at radius 3 is 2.61 bits per heavy atom. The lowest BCUT2D eigenvalue weighted by atomic mass is 10.1. The molecule has 118 valence electrons. The number of benzene rings is 2. The van der Waals surface area contributed by atoms with Crippen molar-refractivity contribution in [3.63, 3.8) is 0 Å². The quantitative estimate of drug-likeness (QED) is 0.785. The number of hydrogen-bond donors (Lipinski definition) is 1. The van der Waals surface area contributed by atoms with Gasteiger partial charge < -0.3 is 10.1 Å². The van der Waals surface area contributed by atoms with Crippen LogP contribution in [0.25, 0.3) is 10.2 Å². The molecule has 0 fully saturated rings. The van der Waals surface area contributed by atoms with Gasteiger partial charge in [-0.1, -0.05) is 47.2 Å². The molecule has 0 saturated carbocycles. The predicted molar refractivity (Wildman–Crippen MR) is 94.4 cm³/mol. The number of hydrogen-bond acceptors (Lipinski definition) is 4. The Kier molecular flexibility index (Phi) is 4.30. The molecule has 0 unspecified atom stereocenters. The van der Waals surface area contributed by atoms with Gasteiger partial charge in [0.1, 0.15) is 11.3 Å². The average Bonchev–Trinajstić information content (AvgIpc) is 2.94. The lowest BCUT2D eigenvalue weighted by Gasteiger charge is -2.02. The molecule has 0 aliphatic carbocycles. The molecule has 5 heteroatoms. The van der Waals surface area contributed by atoms with Gasteiger partial charge in [0, 0.05) is 0 Å². The Morgan fingerprint density at radius 1 is 1.17 bits per heavy atom. The molecule has 1 amide bonds. The van der Waals surface area contributed by atoms with E-state index in [1.165, 1.54) is 16.9 Å². The molecule has 0 bridgehead atoms. The molecular weight excluding hydrogens is 308 g/mol. The number of rotatable bonds is 4. The van der Waals surface area contributed by atoms with Gasteiger partial charge in [-0.2, -0.15) is 0 Å². The zero-order chi connectivity index (χ0) is 16.4. The summed E-state index contributed by atoms with van der Waals surface area (Å²) >= 11 is 1.47. The van der Waals surface area contributed by atoms with Crippen LogP contribution in [-0.2, 0) is 11.2 Å². The maximum atomic E-state index is 12.2. The minimum absolute atomic E-state index is 0.0653. The fraction of sp³-hybridized carbons (Fsp3) is 0.222. The molecule has 1 aromatic heterocycles. The lowest BCUT2D eigenvalue weighted by molar-refractivity contribution is -0.115. The van der Waals surface area contributed by atoms with Gasteiger partial charge in [-0.15, -0.1) is 0 Å². The molecule has 0 aliphatic heterocycles. The first-order valence-corrected chi connectivity index (χ1v) is 8.18. The van der Waals surface area contributed by atoms with Crippen molar-refractivity contribution in [2.75, 3.05) is 12.4 Å². The first kappa shape index (κ1) is 15.5. The van der Waals surface area contributed by atoms with Crippen molar-refractivity contribution in [1.82, 2.24) is 4.98 Å². The molecule has 1 N–H and O–H groups in total. The maximum absolute atomic E-state index is 12.2. The van der Waals surface area contributed by atoms with Crippen LogP contribution in [0.3, 0.4) is 0 Å². The van der Waals surface area contributed by atoms with Crippen LogP contribution in [0.4, 0.5) is 5.13 Å². The number of aromatic nitrogens is 1. The smallest absolute Gasteiger partial charge is 0.230 e. The van der Waals surface area contributed by atoms with Gasteiger partial charge in [0.15, 0.2) is 5.13 Å². The van der Waals surface area contributed by atoms with Crippen LogP contribution >= 0.6 is 11.3 Å². The van der Waals surface area contributed by atoms with Gasteiger partial charge in [-0.05, 0) is 31.0 Å². The number of nitrogens with zero attached hydrogens (tertiary/aromatic N) is 1. The maximum Gasteiger partial charge on any atom is 0.230 e. The molecule has 0 aliphatic rings. The number of thiazole rings is 1. The first-order valence-electron chi connectivity index (χ1n) is 7.36. The highest BCUT2D eigenvalue weighted by molar-refractivity contribution is 7.22. The van der Waals surface area contributed by atoms with E-state index in [2.05, 4.69) is 10.3 Å². The predicted octanol–water partition coefficient (Wildman–Crippen LogP) is 4.10. The fourth-order valence-corrected chi connectivity index (χ4v) is 3.35. The normalized spacial score (nSPS) is 10.7. The molecule has 0 atom stereocenters. The summed E-state index contributed by atoms with van der Waals surface area (Å²) < 4.78 is 6.38. The second-order valence-electron chi connectivity index (χ2n) is 5.49. The lowest BCUT2D eigenvalue weighted by Crippen LogP contribution is -2.14. The van der Waals surface area contributed by atoms with Crippen LogP contribution in [0, 0.1) is 13.8 Å². The van der Waals surface area contributed by atoms with E-state index in [0.717, 1.165) is 27.1 Å². The number of nitrogens with one attached hydrogen (secondary N) is 1. The number of fused-ring (bicyclic) bond motifs is 1. The van der Waals surface area contributed by atoms with Gasteiger partial charge in [-0.3, -0.25) is 4.79 Å². The third kappa shape index (κ3) is 3.35. The zero-order valence-electron chi connectivity index (χ0n) is 13.3. The van der Waals surface area contributed by atoms with Crippen LogP contribution in [0.2, 0.25) is 0 Å². The summed E-state index contributed by atoms with van der Waals surface area (Å²) in [5, 5.41) is 3.49. The number of methoxy groups -OCH3 is 1. The van der Waals surface area contributed by atoms with Crippen molar-refractivity contribution in [1.29, 1.82) is 0 Å². The number of carbonyl (C=O) groups is 1. The third-order valence-corrected chi connectivity index (χ3v) is 4.76. The molecule has 2 aromatic carbocycles. The summed E-state index contributed by atoms with van der Waals surface area (Å²) in [6.07, 6.45) is 0.340. The van der Waals surface area contributed by atoms with Crippen LogP contribution < -0.4 is 10.1 Å². The number of ether oxygens (including phenoxy) is 1. The van der Waals surface area contributed by atoms with Gasteiger partial charge in [0.2, 0.25) is 5.91 Å². The topological polar surface area (TPSA) is 51.2 Å². The molecular formula is C18H18N2O2S. The zero-order valence-corrected chi connectivity index (χ0v) is 14.2. The van der Waals surface area contributed by atoms with E-state index in [1.54, 1.807) is 7.11 Å². The highest BCUT2D eigenvalue weighted by Crippen LogP contribution is 2.34. The van der Waals surface area contributed by atoms with Crippen LogP contribution in [0.1, 0.15) is 16.7 Å². The van der Waals surface area contributed by atoms with E-state index < -0.39 is 0 Å². The number of carbonyl (C=O) groups excluding carboxylic acids is 1. The summed E-state index contributed by atoms with van der Waals surface area (Å²) in [6, 6.07) is 11.9. The van der Waals surface area contributed by atoms with Crippen molar-refractivity contribution in [3.05, 3.63) is 53.1 Å². The largest absolute Gasteiger partial charge is 0.494 e. The van der Waals surface area contributed by atoms with E-state index in [0.29, 0.717) is 11.6 Å². The fourth-order valence-electron chi connectivity index (χ4n) is 2.38. The van der Waals surface area contributed by atoms with Crippen molar-refractivity contribution in [3.8, 4) is 5.75 Å². The summed E-state index contributed by atoms with van der Waals surface area (Å²) in [4.78, 5) is 16.7. The Bertz CT molecular complexity index is 853. The first-order chi connectivity index (χ1) is 11.1. The van der Waals surface area contributed by atoms with Crippen molar-refractivity contribution >= 4 is 32.6 Å². The van der Waals surface area contributed by atoms with E-state index in [1.807, 2.05) is 50.2 Å². The molecule has 1 heterocycles. The summed E-state index contributed by atoms with van der Waals surface area (Å²) in [7, 11) is 1.62. The van der Waals surface area contributed by atoms with Crippen LogP contribution in [0.15, 0.2) is 36.4 Å². The standard InChI is InChI=1S/C18H18N2O2S/c1-11-4-7-13(8-5-11)10-15(21)19-18-20-16-14(22-3)9-6-12(2)17(16)23-18/h4-9H,10H2,1-3H3,(H,19,20,21). The van der Waals surface area contributed by atoms with Gasteiger partial charge >= 0.3 is 0 Å². The Hall–Kier alpha value is -2.40. The second kappa shape index (κ2) is 6.38. The van der Waals surface area contributed by atoms with Crippen LogP contribution in [0.5, 0.6) is 5.75 Å². The summed E-state index contributed by atoms with van der Waals surface area (Å²) in [6.45, 7) is 4.05. The average molecular weight is 326 g/mol. The number of amides is 1. The summed E-state index contributed by atoms with van der Waals surface area (Å²) in [5.41, 5.74) is 4.09. The monoisotopic (exact) mass is 326 g/mol. The Labute approximate surface area is 139 Å². The SMILES string of the molecule is COc1ccc(C)c2sc(NC(=O)Cc3ccc(C)cc3)nc12. The minimum Gasteiger partial charge on any atom is -0.494 e. The molecule has 0 radical (unpaired) electrons. The Morgan fingerprint density at radius 2 is 1.91 bits per heavy atom. The molecule has 3 aromatic rings. The van der Waals surface area contributed by atoms with Gasteiger partial charge in [-0.25, -0.2) is 4.98 Å². The molecule has 0 saturated heterocycles. The Balaban J connectivity index is 1.79. The minimum atomic E-state index is -0.0653. The van der Waals surface area contributed by atoms with Crippen molar-refractivity contribution in [2.24, 2.45) is 0 Å². The molecule has 0 spiro atoms. The van der Waals surface area contributed by atoms with Gasteiger partial charge in [0.25, 0.3) is 0 Å². The second-order valence-corrected chi connectivity index (χ2v) is 6.49.